The lowest BCUT2D eigenvalue weighted by atomic mass is 10.1. The predicted molar refractivity (Wildman–Crippen MR) is 78.9 cm³/mol. The monoisotopic (exact) mass is 353 g/mol. The molecule has 2 N–H and O–H groups in total. The third-order valence-corrected chi connectivity index (χ3v) is 3.67. The van der Waals surface area contributed by atoms with Gasteiger partial charge in [0.15, 0.2) is 11.5 Å². The lowest BCUT2D eigenvalue weighted by Crippen LogP contribution is -2.04. The molecule has 0 unspecified atom stereocenters. The molecule has 0 amide bonds. The van der Waals surface area contributed by atoms with Crippen molar-refractivity contribution >= 4 is 15.9 Å². The zero-order chi connectivity index (χ0) is 14.8. The normalized spacial score (nSPS) is 12.5. The second kappa shape index (κ2) is 5.91. The molecule has 110 valence electrons. The summed E-state index contributed by atoms with van der Waals surface area (Å²) in [5, 5.41) is 0. The van der Waals surface area contributed by atoms with Gasteiger partial charge in [-0.15, -0.1) is 0 Å². The second-order valence-electron chi connectivity index (χ2n) is 4.54. The van der Waals surface area contributed by atoms with Crippen molar-refractivity contribution in [3.8, 4) is 17.2 Å². The fourth-order valence-electron chi connectivity index (χ4n) is 2.05. The van der Waals surface area contributed by atoms with Crippen LogP contribution in [-0.2, 0) is 13.2 Å². The van der Waals surface area contributed by atoms with E-state index >= 15 is 0 Å². The van der Waals surface area contributed by atoms with Gasteiger partial charge >= 0.3 is 0 Å². The van der Waals surface area contributed by atoms with Gasteiger partial charge in [0.2, 0.25) is 6.79 Å². The minimum absolute atomic E-state index is 0.117. The highest BCUT2D eigenvalue weighted by Crippen LogP contribution is 2.38. The zero-order valence-corrected chi connectivity index (χ0v) is 12.7. The first-order valence-corrected chi connectivity index (χ1v) is 7.16. The van der Waals surface area contributed by atoms with Crippen LogP contribution in [0.5, 0.6) is 17.2 Å². The van der Waals surface area contributed by atoms with Gasteiger partial charge in [-0.05, 0) is 18.2 Å². The standard InChI is InChI=1S/C15H13BrFNO3/c16-11-2-1-9(12(17)4-11)7-19-13-5-15-14(20-8-21-15)3-10(13)6-18/h1-5H,6-8,18H2. The van der Waals surface area contributed by atoms with Gasteiger partial charge in [0, 0.05) is 28.2 Å². The molecule has 0 aromatic heterocycles. The fraction of sp³-hybridized carbons (Fsp3) is 0.200. The number of rotatable bonds is 4. The first kappa shape index (κ1) is 14.2. The van der Waals surface area contributed by atoms with Crippen molar-refractivity contribution < 1.29 is 18.6 Å². The summed E-state index contributed by atoms with van der Waals surface area (Å²) in [6, 6.07) is 8.36. The molecule has 0 saturated carbocycles. The Bertz CT molecular complexity index is 678. The maximum atomic E-state index is 13.8. The quantitative estimate of drug-likeness (QED) is 0.915. The van der Waals surface area contributed by atoms with Crippen molar-refractivity contribution in [3.63, 3.8) is 0 Å². The highest BCUT2D eigenvalue weighted by molar-refractivity contribution is 9.10. The molecule has 0 spiro atoms. The van der Waals surface area contributed by atoms with E-state index in [4.69, 9.17) is 19.9 Å². The Labute approximate surface area is 129 Å². The van der Waals surface area contributed by atoms with Crippen molar-refractivity contribution in [1.82, 2.24) is 0 Å². The molecule has 0 saturated heterocycles. The molecule has 21 heavy (non-hydrogen) atoms. The van der Waals surface area contributed by atoms with Gasteiger partial charge in [-0.25, -0.2) is 4.39 Å². The van der Waals surface area contributed by atoms with E-state index in [1.165, 1.54) is 6.07 Å². The van der Waals surface area contributed by atoms with Crippen LogP contribution in [-0.4, -0.2) is 6.79 Å². The number of hydrogen-bond acceptors (Lipinski definition) is 4. The van der Waals surface area contributed by atoms with E-state index in [2.05, 4.69) is 15.9 Å². The van der Waals surface area contributed by atoms with Crippen LogP contribution in [0.1, 0.15) is 11.1 Å². The molecule has 3 rings (SSSR count). The first-order valence-electron chi connectivity index (χ1n) is 6.36. The van der Waals surface area contributed by atoms with E-state index in [9.17, 15) is 4.39 Å². The average molecular weight is 354 g/mol. The summed E-state index contributed by atoms with van der Waals surface area (Å²) >= 11 is 3.22. The Morgan fingerprint density at radius 2 is 1.90 bits per heavy atom. The molecule has 1 heterocycles. The van der Waals surface area contributed by atoms with Crippen molar-refractivity contribution in [1.29, 1.82) is 0 Å². The third kappa shape index (κ3) is 2.96. The van der Waals surface area contributed by atoms with Gasteiger partial charge in [-0.2, -0.15) is 0 Å². The van der Waals surface area contributed by atoms with Gasteiger partial charge < -0.3 is 19.9 Å². The van der Waals surface area contributed by atoms with Gasteiger partial charge in [-0.3, -0.25) is 0 Å². The molecule has 2 aromatic carbocycles. The maximum absolute atomic E-state index is 13.8. The van der Waals surface area contributed by atoms with Crippen LogP contribution in [0.4, 0.5) is 4.39 Å². The summed E-state index contributed by atoms with van der Waals surface area (Å²) in [5.41, 5.74) is 6.97. The molecule has 4 nitrogen and oxygen atoms in total. The Morgan fingerprint density at radius 3 is 2.62 bits per heavy atom. The summed E-state index contributed by atoms with van der Waals surface area (Å²) in [4.78, 5) is 0. The number of nitrogens with two attached hydrogens (primary N) is 1. The Morgan fingerprint density at radius 1 is 1.14 bits per heavy atom. The van der Waals surface area contributed by atoms with E-state index in [1.807, 2.05) is 0 Å². The highest BCUT2D eigenvalue weighted by Gasteiger charge is 2.17. The number of benzene rings is 2. The van der Waals surface area contributed by atoms with E-state index in [-0.39, 0.29) is 19.2 Å². The van der Waals surface area contributed by atoms with Crippen LogP contribution in [0.2, 0.25) is 0 Å². The Balaban J connectivity index is 1.81. The molecule has 0 fully saturated rings. The lowest BCUT2D eigenvalue weighted by molar-refractivity contribution is 0.173. The topological polar surface area (TPSA) is 53.7 Å². The molecule has 0 radical (unpaired) electrons. The molecule has 6 heteroatoms. The van der Waals surface area contributed by atoms with Gasteiger partial charge in [0.05, 0.1) is 0 Å². The maximum Gasteiger partial charge on any atom is 0.231 e. The van der Waals surface area contributed by atoms with E-state index in [0.29, 0.717) is 33.8 Å². The van der Waals surface area contributed by atoms with Crippen molar-refractivity contribution in [2.45, 2.75) is 13.2 Å². The van der Waals surface area contributed by atoms with Gasteiger partial charge in [0.25, 0.3) is 0 Å². The molecule has 0 bridgehead atoms. The summed E-state index contributed by atoms with van der Waals surface area (Å²) < 4.78 is 30.8. The summed E-state index contributed by atoms with van der Waals surface area (Å²) in [6.45, 7) is 0.602. The molecule has 1 aliphatic rings. The Kier molecular flexibility index (Phi) is 3.98. The minimum atomic E-state index is -0.320. The first-order chi connectivity index (χ1) is 10.2. The largest absolute Gasteiger partial charge is 0.488 e. The van der Waals surface area contributed by atoms with E-state index in [1.54, 1.807) is 24.3 Å². The van der Waals surface area contributed by atoms with Crippen molar-refractivity contribution in [3.05, 3.63) is 51.7 Å². The highest BCUT2D eigenvalue weighted by atomic mass is 79.9. The van der Waals surface area contributed by atoms with Crippen molar-refractivity contribution in [2.75, 3.05) is 6.79 Å². The fourth-order valence-corrected chi connectivity index (χ4v) is 2.39. The van der Waals surface area contributed by atoms with Crippen molar-refractivity contribution in [2.24, 2.45) is 5.73 Å². The summed E-state index contributed by atoms with van der Waals surface area (Å²) in [6.07, 6.45) is 0. The van der Waals surface area contributed by atoms with Crippen LogP contribution in [0, 0.1) is 5.82 Å². The number of ether oxygens (including phenoxy) is 3. The molecule has 0 aliphatic carbocycles. The third-order valence-electron chi connectivity index (χ3n) is 3.17. The molecular formula is C15H13BrFNO3. The average Bonchev–Trinajstić information content (AvgIpc) is 2.92. The molecule has 2 aromatic rings. The van der Waals surface area contributed by atoms with Gasteiger partial charge in [0.1, 0.15) is 18.2 Å². The van der Waals surface area contributed by atoms with Crippen LogP contribution < -0.4 is 19.9 Å². The Hall–Kier alpha value is -1.79. The van der Waals surface area contributed by atoms with E-state index < -0.39 is 0 Å². The molecular weight excluding hydrogens is 341 g/mol. The number of hydrogen-bond donors (Lipinski definition) is 1. The SMILES string of the molecule is NCc1cc2c(cc1OCc1ccc(Br)cc1F)OCO2. The summed E-state index contributed by atoms with van der Waals surface area (Å²) in [7, 11) is 0. The van der Waals surface area contributed by atoms with Crippen LogP contribution in [0.3, 0.4) is 0 Å². The van der Waals surface area contributed by atoms with E-state index in [0.717, 1.165) is 5.56 Å². The second-order valence-corrected chi connectivity index (χ2v) is 5.46. The van der Waals surface area contributed by atoms with Crippen LogP contribution >= 0.6 is 15.9 Å². The number of halogens is 2. The smallest absolute Gasteiger partial charge is 0.231 e. The molecule has 1 aliphatic heterocycles. The van der Waals surface area contributed by atoms with Crippen LogP contribution in [0.15, 0.2) is 34.8 Å². The lowest BCUT2D eigenvalue weighted by Gasteiger charge is -2.12. The predicted octanol–water partition coefficient (Wildman–Crippen LogP) is 3.35. The zero-order valence-electron chi connectivity index (χ0n) is 11.1. The molecule has 0 atom stereocenters. The van der Waals surface area contributed by atoms with Gasteiger partial charge in [-0.1, -0.05) is 22.0 Å². The number of fused-ring (bicyclic) bond motifs is 1. The minimum Gasteiger partial charge on any atom is -0.488 e. The van der Waals surface area contributed by atoms with Crippen LogP contribution in [0.25, 0.3) is 0 Å². The summed E-state index contributed by atoms with van der Waals surface area (Å²) in [5.74, 6) is 1.51.